The average Bonchev–Trinajstić information content (AvgIpc) is 3.39. The topological polar surface area (TPSA) is 84.7 Å². The van der Waals surface area contributed by atoms with Crippen molar-refractivity contribution in [1.82, 2.24) is 29.7 Å². The van der Waals surface area contributed by atoms with Gasteiger partial charge in [0.25, 0.3) is 5.95 Å². The predicted octanol–water partition coefficient (Wildman–Crippen LogP) is 2.78. The van der Waals surface area contributed by atoms with Gasteiger partial charge in [-0.15, -0.1) is 5.10 Å². The van der Waals surface area contributed by atoms with Crippen molar-refractivity contribution >= 4 is 23.7 Å². The second kappa shape index (κ2) is 8.34. The van der Waals surface area contributed by atoms with Gasteiger partial charge in [-0.1, -0.05) is 42.1 Å². The first-order valence-corrected chi connectivity index (χ1v) is 10.1. The highest BCUT2D eigenvalue weighted by atomic mass is 32.2. The molecule has 1 aliphatic heterocycles. The molecule has 8 nitrogen and oxygen atoms in total. The van der Waals surface area contributed by atoms with Crippen molar-refractivity contribution in [3.63, 3.8) is 0 Å². The first kappa shape index (κ1) is 17.7. The van der Waals surface area contributed by atoms with Crippen molar-refractivity contribution in [2.24, 2.45) is 0 Å². The molecule has 3 aromatic rings. The Labute approximate surface area is 162 Å². The molecule has 140 valence electrons. The van der Waals surface area contributed by atoms with Crippen LogP contribution in [0, 0.1) is 0 Å². The molecule has 0 atom stereocenters. The van der Waals surface area contributed by atoms with Crippen LogP contribution in [0.5, 0.6) is 0 Å². The second-order valence-electron chi connectivity index (χ2n) is 6.23. The van der Waals surface area contributed by atoms with Crippen LogP contribution in [0.15, 0.2) is 41.8 Å². The van der Waals surface area contributed by atoms with Crippen LogP contribution < -0.4 is 10.2 Å². The Morgan fingerprint density at radius 1 is 1.04 bits per heavy atom. The summed E-state index contributed by atoms with van der Waals surface area (Å²) < 4.78 is 1.62. The zero-order valence-electron chi connectivity index (χ0n) is 15.2. The number of rotatable bonds is 7. The summed E-state index contributed by atoms with van der Waals surface area (Å²) in [6, 6.07) is 10.3. The van der Waals surface area contributed by atoms with E-state index < -0.39 is 0 Å². The van der Waals surface area contributed by atoms with Crippen LogP contribution in [-0.4, -0.2) is 49.4 Å². The summed E-state index contributed by atoms with van der Waals surface area (Å²) in [7, 11) is 0. The minimum Gasteiger partial charge on any atom is -0.354 e. The fraction of sp³-hybridized carbons (Fsp3) is 0.389. The van der Waals surface area contributed by atoms with E-state index >= 15 is 0 Å². The third-order valence-electron chi connectivity index (χ3n) is 4.22. The number of thioether (sulfide) groups is 1. The van der Waals surface area contributed by atoms with Crippen LogP contribution in [0.4, 0.5) is 11.9 Å². The van der Waals surface area contributed by atoms with E-state index in [0.717, 1.165) is 25.4 Å². The number of nitrogens with one attached hydrogen (secondary N) is 1. The molecule has 0 amide bonds. The molecule has 2 aromatic heterocycles. The molecule has 0 aliphatic carbocycles. The minimum atomic E-state index is 0.488. The Morgan fingerprint density at radius 2 is 1.81 bits per heavy atom. The molecule has 3 heterocycles. The summed E-state index contributed by atoms with van der Waals surface area (Å²) in [4.78, 5) is 20.2. The van der Waals surface area contributed by atoms with Crippen molar-refractivity contribution in [2.75, 3.05) is 29.9 Å². The largest absolute Gasteiger partial charge is 0.354 e. The van der Waals surface area contributed by atoms with Crippen LogP contribution in [0.25, 0.3) is 5.95 Å². The SMILES string of the molecule is CCNc1nc(N2CCCC2)nc(-n2cnc(SCc3ccccc3)n2)n1. The first-order valence-electron chi connectivity index (χ1n) is 9.15. The maximum absolute atomic E-state index is 4.61. The van der Waals surface area contributed by atoms with Gasteiger partial charge in [-0.2, -0.15) is 19.6 Å². The number of hydrogen-bond acceptors (Lipinski definition) is 8. The quantitative estimate of drug-likeness (QED) is 0.625. The van der Waals surface area contributed by atoms with Crippen molar-refractivity contribution < 1.29 is 0 Å². The van der Waals surface area contributed by atoms with Gasteiger partial charge in [0.2, 0.25) is 17.1 Å². The number of anilines is 2. The van der Waals surface area contributed by atoms with Gasteiger partial charge in [-0.3, -0.25) is 0 Å². The van der Waals surface area contributed by atoms with E-state index in [-0.39, 0.29) is 0 Å². The smallest absolute Gasteiger partial charge is 0.258 e. The van der Waals surface area contributed by atoms with E-state index in [2.05, 4.69) is 47.4 Å². The van der Waals surface area contributed by atoms with E-state index in [9.17, 15) is 0 Å². The Kier molecular flexibility index (Phi) is 5.47. The van der Waals surface area contributed by atoms with E-state index in [4.69, 9.17) is 0 Å². The Bertz CT molecular complexity index is 876. The zero-order chi connectivity index (χ0) is 18.5. The van der Waals surface area contributed by atoms with Crippen LogP contribution >= 0.6 is 11.8 Å². The normalized spacial score (nSPS) is 13.9. The van der Waals surface area contributed by atoms with Crippen LogP contribution in [0.1, 0.15) is 25.3 Å². The molecule has 0 radical (unpaired) electrons. The van der Waals surface area contributed by atoms with Gasteiger partial charge < -0.3 is 10.2 Å². The summed E-state index contributed by atoms with van der Waals surface area (Å²) >= 11 is 1.59. The third-order valence-corrected chi connectivity index (χ3v) is 5.15. The van der Waals surface area contributed by atoms with Crippen molar-refractivity contribution in [2.45, 2.75) is 30.7 Å². The van der Waals surface area contributed by atoms with Gasteiger partial charge in [0.05, 0.1) is 0 Å². The monoisotopic (exact) mass is 382 g/mol. The van der Waals surface area contributed by atoms with Crippen molar-refractivity contribution in [1.29, 1.82) is 0 Å². The lowest BCUT2D eigenvalue weighted by Crippen LogP contribution is -2.22. The molecule has 9 heteroatoms. The molecule has 1 aliphatic rings. The molecule has 27 heavy (non-hydrogen) atoms. The first-order chi connectivity index (χ1) is 13.3. The predicted molar refractivity (Wildman–Crippen MR) is 106 cm³/mol. The molecule has 1 fully saturated rings. The molecule has 0 spiro atoms. The number of nitrogens with zero attached hydrogens (tertiary/aromatic N) is 7. The summed E-state index contributed by atoms with van der Waals surface area (Å²) in [5.41, 5.74) is 1.24. The van der Waals surface area contributed by atoms with Crippen LogP contribution in [-0.2, 0) is 5.75 Å². The third kappa shape index (κ3) is 4.36. The van der Waals surface area contributed by atoms with E-state index in [1.807, 2.05) is 25.1 Å². The van der Waals surface area contributed by atoms with Crippen molar-refractivity contribution in [3.05, 3.63) is 42.2 Å². The van der Waals surface area contributed by atoms with Crippen molar-refractivity contribution in [3.8, 4) is 5.95 Å². The fourth-order valence-corrected chi connectivity index (χ4v) is 3.64. The van der Waals surface area contributed by atoms with Gasteiger partial charge in [-0.25, -0.2) is 4.98 Å². The lowest BCUT2D eigenvalue weighted by molar-refractivity contribution is 0.758. The maximum Gasteiger partial charge on any atom is 0.258 e. The summed E-state index contributed by atoms with van der Waals surface area (Å²) in [5, 5.41) is 8.41. The Hall–Kier alpha value is -2.68. The molecular formula is C18H22N8S. The molecule has 0 unspecified atom stereocenters. The summed E-state index contributed by atoms with van der Waals surface area (Å²) in [6.07, 6.45) is 3.99. The highest BCUT2D eigenvalue weighted by Gasteiger charge is 2.18. The van der Waals surface area contributed by atoms with Gasteiger partial charge >= 0.3 is 0 Å². The zero-order valence-corrected chi connectivity index (χ0v) is 16.1. The number of benzene rings is 1. The summed E-state index contributed by atoms with van der Waals surface area (Å²) in [5.74, 6) is 2.58. The van der Waals surface area contributed by atoms with Crippen LogP contribution in [0.3, 0.4) is 0 Å². The molecule has 1 saturated heterocycles. The molecule has 1 N–H and O–H groups in total. The van der Waals surface area contributed by atoms with Crippen LogP contribution in [0.2, 0.25) is 0 Å². The van der Waals surface area contributed by atoms with Gasteiger partial charge in [0.1, 0.15) is 6.33 Å². The van der Waals surface area contributed by atoms with E-state index in [1.165, 1.54) is 18.4 Å². The number of hydrogen-bond donors (Lipinski definition) is 1. The van der Waals surface area contributed by atoms with Gasteiger partial charge in [0.15, 0.2) is 0 Å². The average molecular weight is 382 g/mol. The summed E-state index contributed by atoms with van der Waals surface area (Å²) in [6.45, 7) is 4.72. The molecule has 4 rings (SSSR count). The molecule has 1 aromatic carbocycles. The standard InChI is InChI=1S/C18H22N8S/c1-2-19-15-21-16(25-10-6-7-11-25)23-17(22-15)26-13-20-18(24-26)27-12-14-8-4-3-5-9-14/h3-5,8-9,13H,2,6-7,10-12H2,1H3,(H,19,21,22,23). The molecule has 0 saturated carbocycles. The lowest BCUT2D eigenvalue weighted by Gasteiger charge is -2.16. The van der Waals surface area contributed by atoms with Gasteiger partial charge in [0, 0.05) is 25.4 Å². The van der Waals surface area contributed by atoms with Gasteiger partial charge in [-0.05, 0) is 25.3 Å². The van der Waals surface area contributed by atoms with E-state index in [0.29, 0.717) is 23.0 Å². The fourth-order valence-electron chi connectivity index (χ4n) is 2.88. The Morgan fingerprint density at radius 3 is 2.59 bits per heavy atom. The highest BCUT2D eigenvalue weighted by Crippen LogP contribution is 2.21. The lowest BCUT2D eigenvalue weighted by atomic mass is 10.2. The minimum absolute atomic E-state index is 0.488. The molecular weight excluding hydrogens is 360 g/mol. The maximum atomic E-state index is 4.61. The Balaban J connectivity index is 1.54. The number of aromatic nitrogens is 6. The highest BCUT2D eigenvalue weighted by molar-refractivity contribution is 7.98. The second-order valence-corrected chi connectivity index (χ2v) is 7.17. The molecule has 0 bridgehead atoms. The van der Waals surface area contributed by atoms with E-state index in [1.54, 1.807) is 22.8 Å².